The highest BCUT2D eigenvalue weighted by molar-refractivity contribution is 7.89. The Morgan fingerprint density at radius 3 is 1.93 bits per heavy atom. The van der Waals surface area contributed by atoms with E-state index in [1.54, 1.807) is 0 Å². The third-order valence-electron chi connectivity index (χ3n) is 4.76. The van der Waals surface area contributed by atoms with Crippen LogP contribution in [0.5, 0.6) is 0 Å². The molecule has 1 atom stereocenters. The second-order valence-electron chi connectivity index (χ2n) is 6.99. The topological polar surface area (TPSA) is 66.5 Å². The molecule has 0 aliphatic carbocycles. The van der Waals surface area contributed by atoms with E-state index in [4.69, 9.17) is 0 Å². The summed E-state index contributed by atoms with van der Waals surface area (Å²) in [6.07, 6.45) is 0. The van der Waals surface area contributed by atoms with Crippen molar-refractivity contribution in [2.45, 2.75) is 17.9 Å². The molecule has 0 unspecified atom stereocenters. The summed E-state index contributed by atoms with van der Waals surface area (Å²) < 4.78 is 25.4. The van der Waals surface area contributed by atoms with E-state index in [0.29, 0.717) is 5.56 Å². The average molecular weight is 409 g/mol. The summed E-state index contributed by atoms with van der Waals surface area (Å²) >= 11 is 0. The van der Waals surface area contributed by atoms with Gasteiger partial charge >= 0.3 is 0 Å². The molecule has 1 N–H and O–H groups in total. The Bertz CT molecular complexity index is 1080. The lowest BCUT2D eigenvalue weighted by Crippen LogP contribution is -2.27. The Morgan fingerprint density at radius 2 is 1.38 bits per heavy atom. The highest BCUT2D eigenvalue weighted by Gasteiger charge is 2.18. The first-order chi connectivity index (χ1) is 13.8. The molecule has 1 amide bonds. The molecule has 0 spiro atoms. The molecule has 0 bridgehead atoms. The first-order valence-corrected chi connectivity index (χ1v) is 10.7. The van der Waals surface area contributed by atoms with E-state index in [1.165, 1.54) is 38.4 Å². The van der Waals surface area contributed by atoms with Gasteiger partial charge in [-0.3, -0.25) is 4.79 Å². The molecular weight excluding hydrogens is 384 g/mol. The van der Waals surface area contributed by atoms with Gasteiger partial charge < -0.3 is 5.32 Å². The number of carbonyl (C=O) groups is 1. The number of hydrogen-bond acceptors (Lipinski definition) is 3. The predicted octanol–water partition coefficient (Wildman–Crippen LogP) is 4.09. The lowest BCUT2D eigenvalue weighted by Gasteiger charge is -2.16. The molecule has 3 aromatic rings. The number of rotatable bonds is 6. The number of amides is 1. The van der Waals surface area contributed by atoms with Crippen LogP contribution in [-0.2, 0) is 10.0 Å². The molecule has 0 radical (unpaired) electrons. The SMILES string of the molecule is C[C@@H](NC(=O)c1ccc(S(=O)(=O)N(C)C)cc1)c1ccc(-c2ccccc2)cc1. The summed E-state index contributed by atoms with van der Waals surface area (Å²) in [5, 5.41) is 2.95. The normalized spacial score (nSPS) is 12.6. The molecule has 150 valence electrons. The van der Waals surface area contributed by atoms with E-state index in [2.05, 4.69) is 17.4 Å². The Morgan fingerprint density at radius 1 is 0.828 bits per heavy atom. The van der Waals surface area contributed by atoms with Crippen LogP contribution >= 0.6 is 0 Å². The number of benzene rings is 3. The monoisotopic (exact) mass is 408 g/mol. The van der Waals surface area contributed by atoms with Crippen molar-refractivity contribution in [2.24, 2.45) is 0 Å². The molecule has 3 rings (SSSR count). The van der Waals surface area contributed by atoms with Gasteiger partial charge in [0.15, 0.2) is 0 Å². The minimum absolute atomic E-state index is 0.156. The number of sulfonamides is 1. The third-order valence-corrected chi connectivity index (χ3v) is 6.59. The molecule has 6 heteroatoms. The van der Waals surface area contributed by atoms with Gasteiger partial charge in [0, 0.05) is 19.7 Å². The van der Waals surface area contributed by atoms with E-state index in [9.17, 15) is 13.2 Å². The average Bonchev–Trinajstić information content (AvgIpc) is 2.74. The van der Waals surface area contributed by atoms with E-state index in [-0.39, 0.29) is 16.8 Å². The number of nitrogens with zero attached hydrogens (tertiary/aromatic N) is 1. The summed E-state index contributed by atoms with van der Waals surface area (Å²) in [5.74, 6) is -0.251. The summed E-state index contributed by atoms with van der Waals surface area (Å²) in [5.41, 5.74) is 3.66. The Kier molecular flexibility index (Phi) is 6.15. The number of hydrogen-bond donors (Lipinski definition) is 1. The maximum Gasteiger partial charge on any atom is 0.251 e. The predicted molar refractivity (Wildman–Crippen MR) is 115 cm³/mol. The molecule has 0 aromatic heterocycles. The van der Waals surface area contributed by atoms with Gasteiger partial charge in [0.2, 0.25) is 10.0 Å². The van der Waals surface area contributed by atoms with Crippen molar-refractivity contribution in [1.29, 1.82) is 0 Å². The summed E-state index contributed by atoms with van der Waals surface area (Å²) in [6, 6.07) is 23.9. The maximum absolute atomic E-state index is 12.5. The van der Waals surface area contributed by atoms with Crippen LogP contribution < -0.4 is 5.32 Å². The van der Waals surface area contributed by atoms with Crippen molar-refractivity contribution in [1.82, 2.24) is 9.62 Å². The molecule has 5 nitrogen and oxygen atoms in total. The zero-order chi connectivity index (χ0) is 21.0. The van der Waals surface area contributed by atoms with Crippen molar-refractivity contribution >= 4 is 15.9 Å². The summed E-state index contributed by atoms with van der Waals surface area (Å²) in [6.45, 7) is 1.92. The maximum atomic E-state index is 12.5. The van der Waals surface area contributed by atoms with Crippen molar-refractivity contribution < 1.29 is 13.2 Å². The lowest BCUT2D eigenvalue weighted by molar-refractivity contribution is 0.0940. The molecule has 0 heterocycles. The van der Waals surface area contributed by atoms with E-state index in [1.807, 2.05) is 49.4 Å². The van der Waals surface area contributed by atoms with Crippen molar-refractivity contribution in [3.63, 3.8) is 0 Å². The molecule has 0 saturated carbocycles. The smallest absolute Gasteiger partial charge is 0.251 e. The Labute approximate surface area is 172 Å². The summed E-state index contributed by atoms with van der Waals surface area (Å²) in [7, 11) is -0.565. The van der Waals surface area contributed by atoms with Gasteiger partial charge in [-0.25, -0.2) is 12.7 Å². The van der Waals surface area contributed by atoms with Crippen LogP contribution in [0.2, 0.25) is 0 Å². The molecule has 0 aliphatic rings. The van der Waals surface area contributed by atoms with Crippen LogP contribution in [0.25, 0.3) is 11.1 Å². The lowest BCUT2D eigenvalue weighted by atomic mass is 10.0. The van der Waals surface area contributed by atoms with Gasteiger partial charge in [0.05, 0.1) is 10.9 Å². The largest absolute Gasteiger partial charge is 0.346 e. The fourth-order valence-corrected chi connectivity index (χ4v) is 3.85. The quantitative estimate of drug-likeness (QED) is 0.668. The number of carbonyl (C=O) groups excluding carboxylic acids is 1. The summed E-state index contributed by atoms with van der Waals surface area (Å²) in [4.78, 5) is 12.7. The number of nitrogens with one attached hydrogen (secondary N) is 1. The van der Waals surface area contributed by atoms with Crippen molar-refractivity contribution in [2.75, 3.05) is 14.1 Å². The van der Waals surface area contributed by atoms with Gasteiger partial charge in [0.1, 0.15) is 0 Å². The van der Waals surface area contributed by atoms with E-state index in [0.717, 1.165) is 21.0 Å². The highest BCUT2D eigenvalue weighted by Crippen LogP contribution is 2.22. The minimum Gasteiger partial charge on any atom is -0.346 e. The van der Waals surface area contributed by atoms with Gasteiger partial charge in [-0.2, -0.15) is 0 Å². The third kappa shape index (κ3) is 4.72. The fourth-order valence-electron chi connectivity index (χ4n) is 2.95. The molecule has 0 aliphatic heterocycles. The first-order valence-electron chi connectivity index (χ1n) is 9.28. The zero-order valence-corrected chi connectivity index (χ0v) is 17.5. The molecule has 3 aromatic carbocycles. The second kappa shape index (κ2) is 8.59. The van der Waals surface area contributed by atoms with Crippen LogP contribution in [0.3, 0.4) is 0 Å². The zero-order valence-electron chi connectivity index (χ0n) is 16.7. The standard InChI is InChI=1S/C23H24N2O3S/c1-17(18-9-11-20(12-10-18)19-7-5-4-6-8-19)24-23(26)21-13-15-22(16-14-21)29(27,28)25(2)3/h4-17H,1-3H3,(H,24,26)/t17-/m1/s1. The van der Waals surface area contributed by atoms with Crippen LogP contribution in [0.1, 0.15) is 28.9 Å². The van der Waals surface area contributed by atoms with Gasteiger partial charge in [-0.1, -0.05) is 54.6 Å². The second-order valence-corrected chi connectivity index (χ2v) is 9.15. The van der Waals surface area contributed by atoms with E-state index < -0.39 is 10.0 Å². The Balaban J connectivity index is 1.69. The van der Waals surface area contributed by atoms with Crippen molar-refractivity contribution in [3.8, 4) is 11.1 Å². The van der Waals surface area contributed by atoms with Gasteiger partial charge in [-0.15, -0.1) is 0 Å². The van der Waals surface area contributed by atoms with Crippen molar-refractivity contribution in [3.05, 3.63) is 90.0 Å². The first kappa shape index (κ1) is 20.8. The molecular formula is C23H24N2O3S. The van der Waals surface area contributed by atoms with Crippen LogP contribution in [0.4, 0.5) is 0 Å². The van der Waals surface area contributed by atoms with E-state index >= 15 is 0 Å². The van der Waals surface area contributed by atoms with Gasteiger partial charge in [-0.05, 0) is 47.9 Å². The van der Waals surface area contributed by atoms with Gasteiger partial charge in [0.25, 0.3) is 5.91 Å². The molecule has 0 fully saturated rings. The van der Waals surface area contributed by atoms with Crippen LogP contribution in [0.15, 0.2) is 83.8 Å². The molecule has 0 saturated heterocycles. The molecule has 29 heavy (non-hydrogen) atoms. The van der Waals surface area contributed by atoms with Crippen LogP contribution in [0, 0.1) is 0 Å². The van der Waals surface area contributed by atoms with Crippen LogP contribution in [-0.4, -0.2) is 32.7 Å². The Hall–Kier alpha value is -2.96. The highest BCUT2D eigenvalue weighted by atomic mass is 32.2. The minimum atomic E-state index is -3.51. The fraction of sp³-hybridized carbons (Fsp3) is 0.174.